The minimum Gasteiger partial charge on any atom is -0.303 e. The van der Waals surface area contributed by atoms with Gasteiger partial charge in [0, 0.05) is 19.4 Å². The van der Waals surface area contributed by atoms with Gasteiger partial charge < -0.3 is 4.79 Å². The van der Waals surface area contributed by atoms with Gasteiger partial charge in [0.15, 0.2) is 6.17 Å². The number of hydrogen-bond donors (Lipinski definition) is 1. The van der Waals surface area contributed by atoms with E-state index in [0.29, 0.717) is 19.3 Å². The molecule has 0 saturated carbocycles. The Labute approximate surface area is 188 Å². The van der Waals surface area contributed by atoms with Crippen LogP contribution in [0.5, 0.6) is 0 Å². The quantitative estimate of drug-likeness (QED) is 0.130. The molecule has 1 atom stereocenters. The van der Waals surface area contributed by atoms with E-state index in [1.807, 2.05) is 0 Å². The van der Waals surface area contributed by atoms with Crippen LogP contribution in [-0.2, 0) is 20.9 Å². The van der Waals surface area contributed by atoms with Crippen molar-refractivity contribution in [3.05, 3.63) is 0 Å². The first-order valence-electron chi connectivity index (χ1n) is 11.8. The molecule has 0 spiro atoms. The molecule has 0 aromatic heterocycles. The van der Waals surface area contributed by atoms with Crippen LogP contribution in [-0.4, -0.2) is 38.0 Å². The van der Waals surface area contributed by atoms with Crippen molar-refractivity contribution in [3.63, 3.8) is 0 Å². The van der Waals surface area contributed by atoms with Crippen molar-refractivity contribution in [1.82, 2.24) is 4.31 Å². The van der Waals surface area contributed by atoms with Crippen molar-refractivity contribution in [2.24, 2.45) is 20.7 Å². The van der Waals surface area contributed by atoms with Crippen LogP contribution < -0.4 is 0 Å². The topological polar surface area (TPSA) is 124 Å². The van der Waals surface area contributed by atoms with Crippen molar-refractivity contribution in [1.29, 1.82) is 0 Å². The lowest BCUT2D eigenvalue weighted by Gasteiger charge is -2.17. The molecule has 178 valence electrons. The third kappa shape index (κ3) is 15.0. The Kier molecular flexibility index (Phi) is 17.0. The summed E-state index contributed by atoms with van der Waals surface area (Å²) in [6, 6.07) is 0. The third-order valence-electron chi connectivity index (χ3n) is 5.41. The zero-order chi connectivity index (χ0) is 22.6. The number of carbonyl (C=O) groups excluding carboxylic acids is 2. The zero-order valence-electron chi connectivity index (χ0n) is 18.7. The van der Waals surface area contributed by atoms with Gasteiger partial charge in [0.05, 0.1) is 0 Å². The highest BCUT2D eigenvalue weighted by Crippen LogP contribution is 2.16. The van der Waals surface area contributed by atoms with Crippen molar-refractivity contribution in [3.8, 4) is 0 Å². The van der Waals surface area contributed by atoms with Crippen molar-refractivity contribution >= 4 is 23.5 Å². The molecule has 0 saturated heterocycles. The van der Waals surface area contributed by atoms with Gasteiger partial charge in [0.2, 0.25) is 5.91 Å². The normalized spacial score (nSPS) is 14.2. The number of rotatable bonds is 21. The molecular formula is C21H39N5O4S. The standard InChI is InChI=1S/C21H39N5O4S/c27-19-15-14-18-26(31(29)30)21(28)17-13-11-9-7-5-3-1-2-4-6-8-10-12-16-20-22-24-25-23-20/h19-20H,1-18H2,(H,29,30). The summed E-state index contributed by atoms with van der Waals surface area (Å²) in [5.74, 6) is -0.304. The minimum atomic E-state index is -2.30. The maximum Gasteiger partial charge on any atom is 0.264 e. The molecule has 1 N–H and O–H groups in total. The summed E-state index contributed by atoms with van der Waals surface area (Å²) in [6.45, 7) is 0.154. The summed E-state index contributed by atoms with van der Waals surface area (Å²) in [5.41, 5.74) is 0. The van der Waals surface area contributed by atoms with Crippen LogP contribution >= 0.6 is 0 Å². The zero-order valence-corrected chi connectivity index (χ0v) is 19.5. The Morgan fingerprint density at radius 1 is 0.806 bits per heavy atom. The second-order valence-corrected chi connectivity index (χ2v) is 8.96. The van der Waals surface area contributed by atoms with Crippen LogP contribution in [0, 0.1) is 0 Å². The maximum absolute atomic E-state index is 12.0. The fourth-order valence-electron chi connectivity index (χ4n) is 3.58. The largest absolute Gasteiger partial charge is 0.303 e. The van der Waals surface area contributed by atoms with E-state index in [2.05, 4.69) is 20.7 Å². The van der Waals surface area contributed by atoms with Gasteiger partial charge in [-0.2, -0.15) is 0 Å². The molecular weight excluding hydrogens is 418 g/mol. The number of amides is 1. The molecule has 31 heavy (non-hydrogen) atoms. The summed E-state index contributed by atoms with van der Waals surface area (Å²) in [7, 11) is 0. The molecule has 0 aromatic rings. The number of aldehydes is 1. The van der Waals surface area contributed by atoms with Crippen molar-refractivity contribution < 1.29 is 18.4 Å². The summed E-state index contributed by atoms with van der Waals surface area (Å²) in [4.78, 5) is 22.4. The first-order chi connectivity index (χ1) is 15.1. The van der Waals surface area contributed by atoms with E-state index < -0.39 is 11.3 Å². The minimum absolute atomic E-state index is 0.0273. The Morgan fingerprint density at radius 2 is 1.29 bits per heavy atom. The van der Waals surface area contributed by atoms with E-state index in [0.717, 1.165) is 42.7 Å². The summed E-state index contributed by atoms with van der Waals surface area (Å²) < 4.78 is 21.4. The molecule has 0 radical (unpaired) electrons. The first kappa shape index (κ1) is 27.5. The van der Waals surface area contributed by atoms with E-state index >= 15 is 0 Å². The highest BCUT2D eigenvalue weighted by atomic mass is 32.2. The highest BCUT2D eigenvalue weighted by Gasteiger charge is 2.17. The first-order valence-corrected chi connectivity index (χ1v) is 12.9. The van der Waals surface area contributed by atoms with Gasteiger partial charge in [0.25, 0.3) is 11.3 Å². The average Bonchev–Trinajstić information content (AvgIpc) is 3.27. The number of hydrogen-bond acceptors (Lipinski definition) is 7. The van der Waals surface area contributed by atoms with E-state index in [-0.39, 0.29) is 18.6 Å². The molecule has 1 amide bonds. The van der Waals surface area contributed by atoms with Crippen LogP contribution in [0.2, 0.25) is 0 Å². The smallest absolute Gasteiger partial charge is 0.264 e. The van der Waals surface area contributed by atoms with Crippen LogP contribution in [0.15, 0.2) is 20.7 Å². The van der Waals surface area contributed by atoms with Crippen LogP contribution in [0.1, 0.15) is 109 Å². The number of unbranched alkanes of at least 4 members (excludes halogenated alkanes) is 13. The molecule has 1 unspecified atom stereocenters. The maximum atomic E-state index is 12.0. The number of carbonyl (C=O) groups is 2. The molecule has 9 nitrogen and oxygen atoms in total. The SMILES string of the molecule is O=CCCCN(C(=O)CCCCCCCCCCCCCCCC1N=NN=N1)S(=O)O. The van der Waals surface area contributed by atoms with Gasteiger partial charge >= 0.3 is 0 Å². The molecule has 0 bridgehead atoms. The van der Waals surface area contributed by atoms with Gasteiger partial charge in [-0.15, -0.1) is 10.2 Å². The Hall–Kier alpha value is -1.55. The molecule has 0 fully saturated rings. The van der Waals surface area contributed by atoms with E-state index in [9.17, 15) is 18.4 Å². The van der Waals surface area contributed by atoms with Gasteiger partial charge in [0.1, 0.15) is 6.29 Å². The van der Waals surface area contributed by atoms with Gasteiger partial charge in [-0.25, -0.2) is 8.51 Å². The molecule has 1 heterocycles. The second kappa shape index (κ2) is 19.2. The molecule has 1 rings (SSSR count). The van der Waals surface area contributed by atoms with Crippen molar-refractivity contribution in [2.75, 3.05) is 6.54 Å². The fourth-order valence-corrected chi connectivity index (χ4v) is 4.14. The van der Waals surface area contributed by atoms with Gasteiger partial charge in [-0.05, 0) is 36.1 Å². The summed E-state index contributed by atoms with van der Waals surface area (Å²) in [5, 5.41) is 14.9. The van der Waals surface area contributed by atoms with Gasteiger partial charge in [-0.1, -0.05) is 70.6 Å². The number of nitrogens with zero attached hydrogens (tertiary/aromatic N) is 5. The predicted molar refractivity (Wildman–Crippen MR) is 121 cm³/mol. The average molecular weight is 458 g/mol. The highest BCUT2D eigenvalue weighted by molar-refractivity contribution is 7.77. The lowest BCUT2D eigenvalue weighted by atomic mass is 10.0. The molecule has 1 aliphatic heterocycles. The molecule has 10 heteroatoms. The van der Waals surface area contributed by atoms with Gasteiger partial charge in [-0.3, -0.25) is 9.35 Å². The van der Waals surface area contributed by atoms with E-state index in [1.165, 1.54) is 57.8 Å². The lowest BCUT2D eigenvalue weighted by molar-refractivity contribution is -0.126. The fraction of sp³-hybridized carbons (Fsp3) is 0.905. The third-order valence-corrected chi connectivity index (χ3v) is 6.18. The second-order valence-electron chi connectivity index (χ2n) is 8.06. The Balaban J connectivity index is 1.83. The van der Waals surface area contributed by atoms with E-state index in [4.69, 9.17) is 0 Å². The lowest BCUT2D eigenvalue weighted by Crippen LogP contribution is -2.33. The monoisotopic (exact) mass is 457 g/mol. The Morgan fingerprint density at radius 3 is 1.77 bits per heavy atom. The van der Waals surface area contributed by atoms with Crippen LogP contribution in [0.3, 0.4) is 0 Å². The Bertz CT molecular complexity index is 562. The van der Waals surface area contributed by atoms with Crippen molar-refractivity contribution in [2.45, 2.75) is 115 Å². The van der Waals surface area contributed by atoms with E-state index in [1.54, 1.807) is 0 Å². The van der Waals surface area contributed by atoms with Crippen LogP contribution in [0.4, 0.5) is 0 Å². The molecule has 0 aliphatic carbocycles. The summed E-state index contributed by atoms with van der Waals surface area (Å²) >= 11 is -2.30. The summed E-state index contributed by atoms with van der Waals surface area (Å²) in [6.07, 6.45) is 18.0. The van der Waals surface area contributed by atoms with Crippen LogP contribution in [0.25, 0.3) is 0 Å². The molecule has 0 aromatic carbocycles. The predicted octanol–water partition coefficient (Wildman–Crippen LogP) is 5.94. The molecule has 1 aliphatic rings.